The maximum Gasteiger partial charge on any atom is 0.275 e. The Balaban J connectivity index is 1.37. The number of hydrogen-bond donors (Lipinski definition) is 4. The average Bonchev–Trinajstić information content (AvgIpc) is 2.76. The van der Waals surface area contributed by atoms with Crippen LogP contribution in [0.3, 0.4) is 0 Å². The minimum absolute atomic E-state index is 0.0323. The Morgan fingerprint density at radius 1 is 0.871 bits per heavy atom. The summed E-state index contributed by atoms with van der Waals surface area (Å²) >= 11 is 0. The third-order valence-electron chi connectivity index (χ3n) is 5.71. The van der Waals surface area contributed by atoms with E-state index in [1.165, 1.54) is 0 Å². The highest BCUT2D eigenvalue weighted by molar-refractivity contribution is 5.96. The van der Waals surface area contributed by atoms with Crippen molar-refractivity contribution in [1.82, 2.24) is 5.32 Å². The van der Waals surface area contributed by atoms with Gasteiger partial charge in [0.1, 0.15) is 0 Å². The SMILES string of the molecule is Cc1cccc(C)c1NC(=O)CNC(=O)C[NH+]1CCC(C(=O)Nc2ccccc2)CC1. The van der Waals surface area contributed by atoms with Gasteiger partial charge in [0, 0.05) is 30.1 Å². The van der Waals surface area contributed by atoms with E-state index in [4.69, 9.17) is 0 Å². The zero-order valence-corrected chi connectivity index (χ0v) is 18.2. The van der Waals surface area contributed by atoms with Crippen molar-refractivity contribution in [3.8, 4) is 0 Å². The van der Waals surface area contributed by atoms with Gasteiger partial charge in [-0.15, -0.1) is 0 Å². The summed E-state index contributed by atoms with van der Waals surface area (Å²) in [7, 11) is 0. The van der Waals surface area contributed by atoms with Gasteiger partial charge in [-0.25, -0.2) is 0 Å². The minimum atomic E-state index is -0.239. The van der Waals surface area contributed by atoms with Crippen LogP contribution in [-0.2, 0) is 14.4 Å². The summed E-state index contributed by atoms with van der Waals surface area (Å²) in [5.41, 5.74) is 3.58. The van der Waals surface area contributed by atoms with Gasteiger partial charge in [0.05, 0.1) is 19.6 Å². The molecule has 1 fully saturated rings. The standard InChI is InChI=1S/C24H30N4O3/c1-17-7-6-8-18(2)23(17)27-21(29)15-25-22(30)16-28-13-11-19(12-14-28)24(31)26-20-9-4-3-5-10-20/h3-10,19H,11-16H2,1-2H3,(H,25,30)(H,26,31)(H,27,29)/p+1. The van der Waals surface area contributed by atoms with E-state index in [9.17, 15) is 14.4 Å². The number of amides is 3. The molecule has 1 aliphatic rings. The number of quaternary nitrogens is 1. The monoisotopic (exact) mass is 423 g/mol. The fraction of sp³-hybridized carbons (Fsp3) is 0.375. The molecule has 1 heterocycles. The van der Waals surface area contributed by atoms with Crippen LogP contribution >= 0.6 is 0 Å². The molecule has 4 N–H and O–H groups in total. The fourth-order valence-corrected chi connectivity index (χ4v) is 3.89. The molecule has 1 saturated heterocycles. The zero-order valence-electron chi connectivity index (χ0n) is 18.2. The van der Waals surface area contributed by atoms with Crippen molar-refractivity contribution in [2.24, 2.45) is 5.92 Å². The number of anilines is 2. The van der Waals surface area contributed by atoms with Gasteiger partial charge in [-0.1, -0.05) is 36.4 Å². The van der Waals surface area contributed by atoms with Crippen LogP contribution in [0.1, 0.15) is 24.0 Å². The Morgan fingerprint density at radius 2 is 1.52 bits per heavy atom. The van der Waals surface area contributed by atoms with E-state index >= 15 is 0 Å². The maximum atomic E-state index is 12.4. The summed E-state index contributed by atoms with van der Waals surface area (Å²) in [5.74, 6) is -0.385. The van der Waals surface area contributed by atoms with Gasteiger partial charge in [-0.2, -0.15) is 0 Å². The summed E-state index contributed by atoms with van der Waals surface area (Å²) in [6.07, 6.45) is 1.49. The highest BCUT2D eigenvalue weighted by atomic mass is 16.2. The minimum Gasteiger partial charge on any atom is -0.342 e. The number of hydrogen-bond acceptors (Lipinski definition) is 3. The third kappa shape index (κ3) is 6.65. The molecular formula is C24H31N4O3+. The molecule has 0 bridgehead atoms. The number of aryl methyl sites for hydroxylation is 2. The first-order chi connectivity index (χ1) is 14.9. The van der Waals surface area contributed by atoms with Gasteiger partial charge in [-0.05, 0) is 37.1 Å². The van der Waals surface area contributed by atoms with Crippen LogP contribution in [0.4, 0.5) is 11.4 Å². The number of nitrogens with one attached hydrogen (secondary N) is 4. The molecule has 3 rings (SSSR count). The largest absolute Gasteiger partial charge is 0.342 e. The lowest BCUT2D eigenvalue weighted by Gasteiger charge is -2.28. The van der Waals surface area contributed by atoms with Gasteiger partial charge < -0.3 is 20.9 Å². The molecule has 0 aromatic heterocycles. The van der Waals surface area contributed by atoms with Crippen LogP contribution in [0.25, 0.3) is 0 Å². The maximum absolute atomic E-state index is 12.4. The van der Waals surface area contributed by atoms with E-state index in [1.807, 2.05) is 62.4 Å². The molecule has 0 radical (unpaired) electrons. The van der Waals surface area contributed by atoms with Crippen molar-refractivity contribution in [2.75, 3.05) is 36.8 Å². The first kappa shape index (κ1) is 22.5. The van der Waals surface area contributed by atoms with Crippen molar-refractivity contribution >= 4 is 29.1 Å². The first-order valence-electron chi connectivity index (χ1n) is 10.7. The van der Waals surface area contributed by atoms with E-state index in [0.717, 1.165) is 53.3 Å². The van der Waals surface area contributed by atoms with Crippen molar-refractivity contribution in [3.63, 3.8) is 0 Å². The Kier molecular flexibility index (Phi) is 7.78. The normalized spacial score (nSPS) is 18.1. The second kappa shape index (κ2) is 10.7. The first-order valence-corrected chi connectivity index (χ1v) is 10.7. The van der Waals surface area contributed by atoms with E-state index in [0.29, 0.717) is 6.54 Å². The summed E-state index contributed by atoms with van der Waals surface area (Å²) in [6.45, 7) is 5.65. The quantitative estimate of drug-likeness (QED) is 0.541. The summed E-state index contributed by atoms with van der Waals surface area (Å²) in [6, 6.07) is 15.3. The van der Waals surface area contributed by atoms with Crippen LogP contribution in [0, 0.1) is 19.8 Å². The molecule has 7 heteroatoms. The molecule has 0 atom stereocenters. The highest BCUT2D eigenvalue weighted by Gasteiger charge is 2.28. The van der Waals surface area contributed by atoms with E-state index in [2.05, 4.69) is 16.0 Å². The predicted molar refractivity (Wildman–Crippen MR) is 121 cm³/mol. The molecule has 0 unspecified atom stereocenters. The fourth-order valence-electron chi connectivity index (χ4n) is 3.89. The zero-order chi connectivity index (χ0) is 22.2. The highest BCUT2D eigenvalue weighted by Crippen LogP contribution is 2.19. The molecule has 0 aliphatic carbocycles. The van der Waals surface area contributed by atoms with Crippen LogP contribution in [-0.4, -0.2) is 43.9 Å². The molecule has 2 aromatic rings. The van der Waals surface area contributed by atoms with Crippen molar-refractivity contribution in [2.45, 2.75) is 26.7 Å². The molecule has 164 valence electrons. The van der Waals surface area contributed by atoms with Gasteiger partial charge in [0.15, 0.2) is 6.54 Å². The Bertz CT molecular complexity index is 901. The number of carbonyl (C=O) groups is 3. The second-order valence-corrected chi connectivity index (χ2v) is 8.15. The number of benzene rings is 2. The Morgan fingerprint density at radius 3 is 2.16 bits per heavy atom. The van der Waals surface area contributed by atoms with Crippen molar-refractivity contribution in [3.05, 3.63) is 59.7 Å². The molecule has 7 nitrogen and oxygen atoms in total. The molecule has 3 amide bonds. The van der Waals surface area contributed by atoms with Crippen LogP contribution < -0.4 is 20.9 Å². The molecule has 2 aromatic carbocycles. The molecule has 0 saturated carbocycles. The number of para-hydroxylation sites is 2. The van der Waals surface area contributed by atoms with Gasteiger partial charge in [-0.3, -0.25) is 14.4 Å². The lowest BCUT2D eigenvalue weighted by molar-refractivity contribution is -0.897. The summed E-state index contributed by atoms with van der Waals surface area (Å²) < 4.78 is 0. The second-order valence-electron chi connectivity index (χ2n) is 8.15. The molecule has 31 heavy (non-hydrogen) atoms. The Labute approximate surface area is 183 Å². The molecule has 0 spiro atoms. The lowest BCUT2D eigenvalue weighted by Crippen LogP contribution is -3.14. The Hall–Kier alpha value is -3.19. The molecule has 1 aliphatic heterocycles. The number of piperidine rings is 1. The number of likely N-dealkylation sites (tertiary alicyclic amines) is 1. The van der Waals surface area contributed by atoms with E-state index < -0.39 is 0 Å². The molecular weight excluding hydrogens is 392 g/mol. The van der Waals surface area contributed by atoms with Crippen molar-refractivity contribution < 1.29 is 19.3 Å². The van der Waals surface area contributed by atoms with E-state index in [-0.39, 0.29) is 30.2 Å². The topological polar surface area (TPSA) is 91.7 Å². The predicted octanol–water partition coefficient (Wildman–Crippen LogP) is 1.29. The third-order valence-corrected chi connectivity index (χ3v) is 5.71. The van der Waals surface area contributed by atoms with Crippen molar-refractivity contribution in [1.29, 1.82) is 0 Å². The number of rotatable bonds is 7. The van der Waals surface area contributed by atoms with E-state index in [1.54, 1.807) is 0 Å². The van der Waals surface area contributed by atoms with Gasteiger partial charge in [0.2, 0.25) is 11.8 Å². The summed E-state index contributed by atoms with van der Waals surface area (Å²) in [5, 5.41) is 8.53. The van der Waals surface area contributed by atoms with Gasteiger partial charge in [0.25, 0.3) is 5.91 Å². The van der Waals surface area contributed by atoms with Crippen LogP contribution in [0.5, 0.6) is 0 Å². The summed E-state index contributed by atoms with van der Waals surface area (Å²) in [4.78, 5) is 38.0. The van der Waals surface area contributed by atoms with Crippen LogP contribution in [0.15, 0.2) is 48.5 Å². The average molecular weight is 424 g/mol. The smallest absolute Gasteiger partial charge is 0.275 e. The number of carbonyl (C=O) groups excluding carboxylic acids is 3. The van der Waals surface area contributed by atoms with Crippen LogP contribution in [0.2, 0.25) is 0 Å². The lowest BCUT2D eigenvalue weighted by atomic mass is 9.96. The van der Waals surface area contributed by atoms with Gasteiger partial charge >= 0.3 is 0 Å².